The first-order chi connectivity index (χ1) is 10.8. The first kappa shape index (κ1) is 14.1. The van der Waals surface area contributed by atoms with Gasteiger partial charge >= 0.3 is 0 Å². The molecule has 0 N–H and O–H groups in total. The zero-order valence-electron chi connectivity index (χ0n) is 12.5. The standard InChI is InChI=1S/C18H16N2O2/c1-21-17-9-5-6-13(18(17)22-2)10-11-14-12-19-15-7-3-4-8-16(15)20-14/h3-12H,1-2H3. The zero-order valence-corrected chi connectivity index (χ0v) is 12.5. The molecule has 0 spiro atoms. The topological polar surface area (TPSA) is 44.2 Å². The largest absolute Gasteiger partial charge is 0.493 e. The van der Waals surface area contributed by atoms with E-state index in [0.717, 1.165) is 22.3 Å². The molecule has 1 aromatic heterocycles. The fourth-order valence-corrected chi connectivity index (χ4v) is 2.27. The van der Waals surface area contributed by atoms with Gasteiger partial charge in [0.15, 0.2) is 11.5 Å². The van der Waals surface area contributed by atoms with Crippen LogP contribution in [0.15, 0.2) is 48.7 Å². The van der Waals surface area contributed by atoms with Crippen LogP contribution in [0.4, 0.5) is 0 Å². The summed E-state index contributed by atoms with van der Waals surface area (Å²) in [5.74, 6) is 1.41. The fourth-order valence-electron chi connectivity index (χ4n) is 2.27. The molecule has 0 aliphatic carbocycles. The van der Waals surface area contributed by atoms with Gasteiger partial charge in [0.25, 0.3) is 0 Å². The van der Waals surface area contributed by atoms with E-state index in [2.05, 4.69) is 9.97 Å². The average molecular weight is 292 g/mol. The number of methoxy groups -OCH3 is 2. The molecule has 0 radical (unpaired) electrons. The number of aromatic nitrogens is 2. The quantitative estimate of drug-likeness (QED) is 0.733. The van der Waals surface area contributed by atoms with Crippen molar-refractivity contribution in [3.8, 4) is 11.5 Å². The van der Waals surface area contributed by atoms with Crippen LogP contribution in [0.3, 0.4) is 0 Å². The van der Waals surface area contributed by atoms with Gasteiger partial charge in [-0.1, -0.05) is 24.3 Å². The fraction of sp³-hybridized carbons (Fsp3) is 0.111. The molecule has 0 saturated carbocycles. The molecule has 110 valence electrons. The molecule has 1 heterocycles. The molecule has 0 fully saturated rings. The number of para-hydroxylation sites is 3. The van der Waals surface area contributed by atoms with E-state index in [0.29, 0.717) is 11.5 Å². The molecule has 4 heteroatoms. The Labute approximate surface area is 129 Å². The molecule has 0 amide bonds. The van der Waals surface area contributed by atoms with Crippen LogP contribution in [-0.2, 0) is 0 Å². The van der Waals surface area contributed by atoms with E-state index in [1.807, 2.05) is 54.6 Å². The normalized spacial score (nSPS) is 11.0. The summed E-state index contributed by atoms with van der Waals surface area (Å²) in [6.07, 6.45) is 5.61. The third-order valence-corrected chi connectivity index (χ3v) is 3.33. The summed E-state index contributed by atoms with van der Waals surface area (Å²) in [4.78, 5) is 8.97. The van der Waals surface area contributed by atoms with E-state index < -0.39 is 0 Å². The smallest absolute Gasteiger partial charge is 0.167 e. The van der Waals surface area contributed by atoms with Crippen molar-refractivity contribution >= 4 is 23.2 Å². The highest BCUT2D eigenvalue weighted by atomic mass is 16.5. The van der Waals surface area contributed by atoms with Gasteiger partial charge in [-0.2, -0.15) is 0 Å². The summed E-state index contributed by atoms with van der Waals surface area (Å²) >= 11 is 0. The Morgan fingerprint density at radius 3 is 2.45 bits per heavy atom. The minimum atomic E-state index is 0.703. The van der Waals surface area contributed by atoms with Crippen molar-refractivity contribution in [1.29, 1.82) is 0 Å². The predicted octanol–water partition coefficient (Wildman–Crippen LogP) is 3.82. The number of fused-ring (bicyclic) bond motifs is 1. The summed E-state index contributed by atoms with van der Waals surface area (Å²) in [6, 6.07) is 13.6. The van der Waals surface area contributed by atoms with Gasteiger partial charge in [-0.15, -0.1) is 0 Å². The van der Waals surface area contributed by atoms with Crippen molar-refractivity contribution in [3.05, 3.63) is 59.9 Å². The summed E-state index contributed by atoms with van der Waals surface area (Å²) in [6.45, 7) is 0. The minimum absolute atomic E-state index is 0.703. The zero-order chi connectivity index (χ0) is 15.4. The highest BCUT2D eigenvalue weighted by Crippen LogP contribution is 2.31. The van der Waals surface area contributed by atoms with Gasteiger partial charge in [-0.3, -0.25) is 4.98 Å². The van der Waals surface area contributed by atoms with Crippen LogP contribution in [0.5, 0.6) is 11.5 Å². The Hall–Kier alpha value is -2.88. The number of hydrogen-bond donors (Lipinski definition) is 0. The number of ether oxygens (including phenoxy) is 2. The van der Waals surface area contributed by atoms with Crippen molar-refractivity contribution in [2.75, 3.05) is 14.2 Å². The number of benzene rings is 2. The molecule has 3 rings (SSSR count). The maximum Gasteiger partial charge on any atom is 0.167 e. The Balaban J connectivity index is 1.96. The molecule has 0 unspecified atom stereocenters. The number of hydrogen-bond acceptors (Lipinski definition) is 4. The van der Waals surface area contributed by atoms with E-state index in [4.69, 9.17) is 9.47 Å². The molecule has 0 saturated heterocycles. The summed E-state index contributed by atoms with van der Waals surface area (Å²) in [5.41, 5.74) is 3.49. The molecule has 0 bridgehead atoms. The third-order valence-electron chi connectivity index (χ3n) is 3.33. The molecular weight excluding hydrogens is 276 g/mol. The monoisotopic (exact) mass is 292 g/mol. The van der Waals surface area contributed by atoms with E-state index >= 15 is 0 Å². The molecule has 0 aliphatic rings. The van der Waals surface area contributed by atoms with Crippen LogP contribution in [0.25, 0.3) is 23.2 Å². The second-order valence-electron chi connectivity index (χ2n) is 4.70. The lowest BCUT2D eigenvalue weighted by molar-refractivity contribution is 0.354. The van der Waals surface area contributed by atoms with Crippen LogP contribution in [0.1, 0.15) is 11.3 Å². The van der Waals surface area contributed by atoms with Crippen molar-refractivity contribution in [3.63, 3.8) is 0 Å². The van der Waals surface area contributed by atoms with Gasteiger partial charge in [0.05, 0.1) is 37.1 Å². The Bertz CT molecular complexity index is 828. The van der Waals surface area contributed by atoms with Crippen molar-refractivity contribution in [2.45, 2.75) is 0 Å². The van der Waals surface area contributed by atoms with Gasteiger partial charge < -0.3 is 9.47 Å². The summed E-state index contributed by atoms with van der Waals surface area (Å²) in [7, 11) is 3.26. The van der Waals surface area contributed by atoms with Gasteiger partial charge in [0.2, 0.25) is 0 Å². The van der Waals surface area contributed by atoms with Crippen LogP contribution in [0, 0.1) is 0 Å². The molecule has 3 aromatic rings. The van der Waals surface area contributed by atoms with Gasteiger partial charge in [-0.25, -0.2) is 4.98 Å². The first-order valence-electron chi connectivity index (χ1n) is 6.92. The average Bonchev–Trinajstić information content (AvgIpc) is 2.59. The van der Waals surface area contributed by atoms with Crippen LogP contribution < -0.4 is 9.47 Å². The Kier molecular flexibility index (Phi) is 4.01. The molecule has 2 aromatic carbocycles. The van der Waals surface area contributed by atoms with E-state index in [-0.39, 0.29) is 0 Å². The van der Waals surface area contributed by atoms with Crippen LogP contribution in [0.2, 0.25) is 0 Å². The van der Waals surface area contributed by atoms with Crippen molar-refractivity contribution in [1.82, 2.24) is 9.97 Å². The lowest BCUT2D eigenvalue weighted by atomic mass is 10.1. The lowest BCUT2D eigenvalue weighted by Gasteiger charge is -2.09. The van der Waals surface area contributed by atoms with E-state index in [1.54, 1.807) is 20.4 Å². The maximum absolute atomic E-state index is 5.41. The number of rotatable bonds is 4. The SMILES string of the molecule is COc1cccc(C=Cc2cnc3ccccc3n2)c1OC. The van der Waals surface area contributed by atoms with E-state index in [1.165, 1.54) is 0 Å². The van der Waals surface area contributed by atoms with Gasteiger partial charge in [0.1, 0.15) is 0 Å². The second-order valence-corrected chi connectivity index (χ2v) is 4.70. The van der Waals surface area contributed by atoms with Crippen molar-refractivity contribution in [2.24, 2.45) is 0 Å². The highest BCUT2D eigenvalue weighted by Gasteiger charge is 2.06. The minimum Gasteiger partial charge on any atom is -0.493 e. The number of nitrogens with zero attached hydrogens (tertiary/aromatic N) is 2. The molecular formula is C18H16N2O2. The summed E-state index contributed by atoms with van der Waals surface area (Å²) < 4.78 is 10.7. The molecule has 4 nitrogen and oxygen atoms in total. The van der Waals surface area contributed by atoms with Crippen LogP contribution in [-0.4, -0.2) is 24.2 Å². The third kappa shape index (κ3) is 2.76. The van der Waals surface area contributed by atoms with E-state index in [9.17, 15) is 0 Å². The molecule has 0 atom stereocenters. The second kappa shape index (κ2) is 6.26. The van der Waals surface area contributed by atoms with Crippen molar-refractivity contribution < 1.29 is 9.47 Å². The lowest BCUT2D eigenvalue weighted by Crippen LogP contribution is -1.92. The molecule has 22 heavy (non-hydrogen) atoms. The summed E-state index contributed by atoms with van der Waals surface area (Å²) in [5, 5.41) is 0. The maximum atomic E-state index is 5.41. The molecule has 0 aliphatic heterocycles. The Morgan fingerprint density at radius 2 is 1.68 bits per heavy atom. The predicted molar refractivity (Wildman–Crippen MR) is 88.0 cm³/mol. The first-order valence-corrected chi connectivity index (χ1v) is 6.92. The van der Waals surface area contributed by atoms with Gasteiger partial charge in [0, 0.05) is 5.56 Å². The highest BCUT2D eigenvalue weighted by molar-refractivity contribution is 5.78. The van der Waals surface area contributed by atoms with Crippen LogP contribution >= 0.6 is 0 Å². The Morgan fingerprint density at radius 1 is 0.864 bits per heavy atom. The van der Waals surface area contributed by atoms with Gasteiger partial charge in [-0.05, 0) is 30.4 Å².